The van der Waals surface area contributed by atoms with Gasteiger partial charge in [0.15, 0.2) is 5.13 Å². The van der Waals surface area contributed by atoms with Gasteiger partial charge in [-0.05, 0) is 31.9 Å². The Labute approximate surface area is 126 Å². The van der Waals surface area contributed by atoms with Crippen molar-refractivity contribution in [2.45, 2.75) is 25.7 Å². The predicted molar refractivity (Wildman–Crippen MR) is 81.4 cm³/mol. The normalized spacial score (nSPS) is 11.4. The molecule has 0 aliphatic carbocycles. The maximum Gasteiger partial charge on any atom is 0.315 e. The molecule has 0 spiro atoms. The quantitative estimate of drug-likeness (QED) is 0.859. The zero-order chi connectivity index (χ0) is 15.5. The minimum Gasteiger partial charge on any atom is -0.481 e. The number of hydrogen-bond acceptors (Lipinski definition) is 4. The van der Waals surface area contributed by atoms with E-state index in [0.29, 0.717) is 29.4 Å². The smallest absolute Gasteiger partial charge is 0.315 e. The molecule has 1 aromatic heterocycles. The Morgan fingerprint density at radius 3 is 2.81 bits per heavy atom. The van der Waals surface area contributed by atoms with Gasteiger partial charge in [0.1, 0.15) is 11.2 Å². The first kappa shape index (κ1) is 15.4. The Morgan fingerprint density at radius 2 is 2.14 bits per heavy atom. The highest BCUT2D eigenvalue weighted by Gasteiger charge is 2.32. The van der Waals surface area contributed by atoms with Crippen molar-refractivity contribution in [1.82, 2.24) is 4.98 Å². The molecule has 0 radical (unpaired) electrons. The molecule has 0 bridgehead atoms. The van der Waals surface area contributed by atoms with Gasteiger partial charge in [0.05, 0.1) is 5.69 Å². The van der Waals surface area contributed by atoms with Crippen molar-refractivity contribution >= 4 is 22.4 Å². The highest BCUT2D eigenvalue weighted by atomic mass is 32.1. The zero-order valence-corrected chi connectivity index (χ0v) is 12.7. The first-order chi connectivity index (χ1) is 9.91. The fraction of sp³-hybridized carbons (Fsp3) is 0.333. The van der Waals surface area contributed by atoms with Gasteiger partial charge in [-0.2, -0.15) is 0 Å². The molecule has 112 valence electrons. The van der Waals surface area contributed by atoms with Gasteiger partial charge in [-0.15, -0.1) is 11.3 Å². The van der Waals surface area contributed by atoms with Crippen LogP contribution in [0.1, 0.15) is 25.1 Å². The van der Waals surface area contributed by atoms with E-state index < -0.39 is 11.4 Å². The summed E-state index contributed by atoms with van der Waals surface area (Å²) in [6.07, 6.45) is 0.546. The molecule has 0 amide bonds. The second-order valence-corrected chi connectivity index (χ2v) is 6.09. The van der Waals surface area contributed by atoms with Crippen LogP contribution in [0.4, 0.5) is 9.52 Å². The molecular weight excluding hydrogens is 291 g/mol. The lowest BCUT2D eigenvalue weighted by atomic mass is 9.90. The monoisotopic (exact) mass is 308 g/mol. The number of carboxylic acids is 1. The fourth-order valence-corrected chi connectivity index (χ4v) is 2.66. The van der Waals surface area contributed by atoms with Gasteiger partial charge < -0.3 is 10.4 Å². The summed E-state index contributed by atoms with van der Waals surface area (Å²) in [5, 5.41) is 14.6. The van der Waals surface area contributed by atoms with Gasteiger partial charge in [0, 0.05) is 11.9 Å². The molecule has 21 heavy (non-hydrogen) atoms. The lowest BCUT2D eigenvalue weighted by Gasteiger charge is -2.15. The van der Waals surface area contributed by atoms with Gasteiger partial charge in [-0.25, -0.2) is 9.37 Å². The SMILES string of the molecule is CC(C)(C(=O)O)c1csc(NCCc2ccccc2F)n1. The van der Waals surface area contributed by atoms with Crippen LogP contribution in [0.25, 0.3) is 0 Å². The molecule has 0 unspecified atom stereocenters. The van der Waals surface area contributed by atoms with E-state index in [1.807, 2.05) is 0 Å². The number of carboxylic acid groups (broad SMARTS) is 1. The third kappa shape index (κ3) is 3.58. The van der Waals surface area contributed by atoms with E-state index in [1.54, 1.807) is 37.4 Å². The van der Waals surface area contributed by atoms with Crippen LogP contribution in [0, 0.1) is 5.82 Å². The van der Waals surface area contributed by atoms with E-state index in [0.717, 1.165) is 0 Å². The number of carbonyl (C=O) groups is 1. The number of hydrogen-bond donors (Lipinski definition) is 2. The van der Waals surface area contributed by atoms with Crippen LogP contribution in [-0.4, -0.2) is 22.6 Å². The van der Waals surface area contributed by atoms with E-state index in [9.17, 15) is 9.18 Å². The summed E-state index contributed by atoms with van der Waals surface area (Å²) in [5.41, 5.74) is 0.156. The van der Waals surface area contributed by atoms with E-state index in [4.69, 9.17) is 5.11 Å². The molecule has 0 saturated carbocycles. The highest BCUT2D eigenvalue weighted by molar-refractivity contribution is 7.13. The lowest BCUT2D eigenvalue weighted by molar-refractivity contribution is -0.142. The number of aromatic nitrogens is 1. The van der Waals surface area contributed by atoms with E-state index in [1.165, 1.54) is 17.4 Å². The Bertz CT molecular complexity index is 640. The zero-order valence-electron chi connectivity index (χ0n) is 11.9. The number of nitrogens with one attached hydrogen (secondary N) is 1. The van der Waals surface area contributed by atoms with Crippen molar-refractivity contribution < 1.29 is 14.3 Å². The average molecular weight is 308 g/mol. The largest absolute Gasteiger partial charge is 0.481 e. The molecule has 2 aromatic rings. The van der Waals surface area contributed by atoms with Crippen molar-refractivity contribution in [2.24, 2.45) is 0 Å². The van der Waals surface area contributed by atoms with Crippen molar-refractivity contribution in [3.63, 3.8) is 0 Å². The van der Waals surface area contributed by atoms with Crippen molar-refractivity contribution in [3.8, 4) is 0 Å². The molecule has 0 fully saturated rings. The Morgan fingerprint density at radius 1 is 1.43 bits per heavy atom. The summed E-state index contributed by atoms with van der Waals surface area (Å²) >= 11 is 1.35. The van der Waals surface area contributed by atoms with Crippen LogP contribution < -0.4 is 5.32 Å². The molecule has 0 atom stereocenters. The molecule has 6 heteroatoms. The first-order valence-electron chi connectivity index (χ1n) is 6.58. The molecule has 4 nitrogen and oxygen atoms in total. The maximum atomic E-state index is 13.5. The number of rotatable bonds is 6. The minimum atomic E-state index is -1.01. The first-order valence-corrected chi connectivity index (χ1v) is 7.46. The Balaban J connectivity index is 1.95. The van der Waals surface area contributed by atoms with E-state index in [2.05, 4.69) is 10.3 Å². The molecule has 0 aliphatic rings. The standard InChI is InChI=1S/C15H17FN2O2S/c1-15(2,13(19)20)12-9-21-14(18-12)17-8-7-10-5-3-4-6-11(10)16/h3-6,9H,7-8H2,1-2H3,(H,17,18)(H,19,20). The van der Waals surface area contributed by atoms with Crippen molar-refractivity contribution in [2.75, 3.05) is 11.9 Å². The minimum absolute atomic E-state index is 0.217. The third-order valence-corrected chi connectivity index (χ3v) is 4.11. The van der Waals surface area contributed by atoms with Gasteiger partial charge in [-0.3, -0.25) is 4.79 Å². The predicted octanol–water partition coefficient (Wildman–Crippen LogP) is 3.30. The van der Waals surface area contributed by atoms with Crippen molar-refractivity contribution in [1.29, 1.82) is 0 Å². The second-order valence-electron chi connectivity index (χ2n) is 5.24. The Hall–Kier alpha value is -1.95. The summed E-state index contributed by atoms with van der Waals surface area (Å²) < 4.78 is 13.5. The van der Waals surface area contributed by atoms with Crippen LogP contribution >= 0.6 is 11.3 Å². The van der Waals surface area contributed by atoms with Gasteiger partial charge >= 0.3 is 5.97 Å². The summed E-state index contributed by atoms with van der Waals surface area (Å²) in [4.78, 5) is 15.5. The summed E-state index contributed by atoms with van der Waals surface area (Å²) in [6, 6.07) is 6.65. The molecule has 0 aliphatic heterocycles. The topological polar surface area (TPSA) is 62.2 Å². The van der Waals surface area contributed by atoms with Crippen LogP contribution in [0.5, 0.6) is 0 Å². The third-order valence-electron chi connectivity index (χ3n) is 3.31. The Kier molecular flexibility index (Phi) is 4.57. The van der Waals surface area contributed by atoms with Gasteiger partial charge in [0.2, 0.25) is 0 Å². The summed E-state index contributed by atoms with van der Waals surface area (Å²) in [5.74, 6) is -1.13. The van der Waals surface area contributed by atoms with Crippen molar-refractivity contribution in [3.05, 3.63) is 46.7 Å². The lowest BCUT2D eigenvalue weighted by Crippen LogP contribution is -2.28. The molecule has 2 N–H and O–H groups in total. The van der Waals surface area contributed by atoms with Gasteiger partial charge in [0.25, 0.3) is 0 Å². The maximum absolute atomic E-state index is 13.5. The second kappa shape index (κ2) is 6.22. The van der Waals surface area contributed by atoms with Crippen LogP contribution in [0.2, 0.25) is 0 Å². The molecule has 2 rings (SSSR count). The number of aliphatic carboxylic acids is 1. The molecule has 1 aromatic carbocycles. The number of anilines is 1. The number of thiazole rings is 1. The fourth-order valence-electron chi connectivity index (χ4n) is 1.76. The number of benzene rings is 1. The highest BCUT2D eigenvalue weighted by Crippen LogP contribution is 2.27. The summed E-state index contributed by atoms with van der Waals surface area (Å²) in [6.45, 7) is 3.78. The van der Waals surface area contributed by atoms with Crippen LogP contribution in [0.3, 0.4) is 0 Å². The number of nitrogens with zero attached hydrogens (tertiary/aromatic N) is 1. The van der Waals surface area contributed by atoms with E-state index >= 15 is 0 Å². The summed E-state index contributed by atoms with van der Waals surface area (Å²) in [7, 11) is 0. The number of halogens is 1. The van der Waals surface area contributed by atoms with Crippen LogP contribution in [0.15, 0.2) is 29.6 Å². The molecule has 0 saturated heterocycles. The van der Waals surface area contributed by atoms with Crippen LogP contribution in [-0.2, 0) is 16.6 Å². The van der Waals surface area contributed by atoms with Gasteiger partial charge in [-0.1, -0.05) is 18.2 Å². The molecule has 1 heterocycles. The molecular formula is C15H17FN2O2S. The van der Waals surface area contributed by atoms with E-state index in [-0.39, 0.29) is 5.82 Å². The average Bonchev–Trinajstić information content (AvgIpc) is 2.90.